The number of likely N-dealkylation sites (N-methyl/N-ethyl adjacent to an activating group) is 1. The molecule has 0 spiro atoms. The van der Waals surface area contributed by atoms with Crippen molar-refractivity contribution < 1.29 is 9.53 Å². The van der Waals surface area contributed by atoms with Gasteiger partial charge in [0.15, 0.2) is 0 Å². The van der Waals surface area contributed by atoms with Crippen LogP contribution >= 0.6 is 0 Å². The lowest BCUT2D eigenvalue weighted by atomic mass is 9.97. The van der Waals surface area contributed by atoms with Gasteiger partial charge < -0.3 is 15.4 Å². The number of hydrogen-bond acceptors (Lipinski definition) is 4. The molecule has 0 unspecified atom stereocenters. The van der Waals surface area contributed by atoms with Gasteiger partial charge in [-0.3, -0.25) is 9.69 Å². The largest absolute Gasteiger partial charge is 0.379 e. The molecule has 0 aromatic carbocycles. The van der Waals surface area contributed by atoms with Crippen molar-refractivity contribution in [3.63, 3.8) is 0 Å². The molecule has 0 aliphatic carbocycles. The van der Waals surface area contributed by atoms with E-state index in [9.17, 15) is 4.79 Å². The molecule has 1 fully saturated rings. The molecular formula is C16H33N3O2. The van der Waals surface area contributed by atoms with Crippen LogP contribution in [0.5, 0.6) is 0 Å². The molecule has 2 N–H and O–H groups in total. The van der Waals surface area contributed by atoms with Gasteiger partial charge in [-0.15, -0.1) is 0 Å². The first-order valence-corrected chi connectivity index (χ1v) is 8.43. The van der Waals surface area contributed by atoms with Crippen molar-refractivity contribution >= 4 is 5.91 Å². The maximum atomic E-state index is 11.9. The normalized spacial score (nSPS) is 16.6. The lowest BCUT2D eigenvalue weighted by Gasteiger charge is -2.28. The third kappa shape index (κ3) is 9.06. The van der Waals surface area contributed by atoms with E-state index < -0.39 is 0 Å². The fourth-order valence-corrected chi connectivity index (χ4v) is 2.61. The zero-order valence-electron chi connectivity index (χ0n) is 14.0. The molecule has 1 rings (SSSR count). The molecule has 1 saturated heterocycles. The van der Waals surface area contributed by atoms with Crippen LogP contribution in [0.15, 0.2) is 0 Å². The smallest absolute Gasteiger partial charge is 0.234 e. The number of carbonyl (C=O) groups is 1. The van der Waals surface area contributed by atoms with Gasteiger partial charge in [0, 0.05) is 19.7 Å². The van der Waals surface area contributed by atoms with Crippen LogP contribution in [0.1, 0.15) is 40.0 Å². The summed E-state index contributed by atoms with van der Waals surface area (Å²) in [5.41, 5.74) is 0. The van der Waals surface area contributed by atoms with E-state index in [2.05, 4.69) is 22.5 Å². The van der Waals surface area contributed by atoms with Crippen molar-refractivity contribution in [1.82, 2.24) is 15.5 Å². The monoisotopic (exact) mass is 299 g/mol. The van der Waals surface area contributed by atoms with Crippen molar-refractivity contribution in [2.75, 3.05) is 45.9 Å². The first-order chi connectivity index (χ1) is 10.1. The second-order valence-electron chi connectivity index (χ2n) is 6.14. The highest BCUT2D eigenvalue weighted by molar-refractivity contribution is 5.77. The quantitative estimate of drug-likeness (QED) is 0.596. The van der Waals surface area contributed by atoms with Crippen LogP contribution in [0.25, 0.3) is 0 Å². The summed E-state index contributed by atoms with van der Waals surface area (Å²) in [6.07, 6.45) is 3.60. The highest BCUT2D eigenvalue weighted by Crippen LogP contribution is 2.13. The van der Waals surface area contributed by atoms with E-state index in [4.69, 9.17) is 4.74 Å². The maximum Gasteiger partial charge on any atom is 0.234 e. The molecule has 0 saturated carbocycles. The maximum absolute atomic E-state index is 11.9. The van der Waals surface area contributed by atoms with Gasteiger partial charge in [-0.25, -0.2) is 0 Å². The van der Waals surface area contributed by atoms with Gasteiger partial charge in [0.2, 0.25) is 5.91 Å². The van der Waals surface area contributed by atoms with Gasteiger partial charge in [-0.1, -0.05) is 6.92 Å². The molecule has 5 heteroatoms. The summed E-state index contributed by atoms with van der Waals surface area (Å²) in [4.78, 5) is 14.2. The topological polar surface area (TPSA) is 53.6 Å². The van der Waals surface area contributed by atoms with E-state index in [1.54, 1.807) is 0 Å². The number of amides is 1. The highest BCUT2D eigenvalue weighted by atomic mass is 16.5. The minimum Gasteiger partial charge on any atom is -0.379 e. The average Bonchev–Trinajstić information content (AvgIpc) is 2.47. The predicted molar refractivity (Wildman–Crippen MR) is 86.4 cm³/mol. The molecule has 5 nitrogen and oxygen atoms in total. The van der Waals surface area contributed by atoms with Crippen LogP contribution in [0, 0.1) is 5.92 Å². The van der Waals surface area contributed by atoms with Crippen LogP contribution < -0.4 is 10.6 Å². The van der Waals surface area contributed by atoms with Crippen LogP contribution in [0.4, 0.5) is 0 Å². The number of carbonyl (C=O) groups excluding carboxylic acids is 1. The van der Waals surface area contributed by atoms with Crippen LogP contribution in [-0.4, -0.2) is 62.8 Å². The second-order valence-corrected chi connectivity index (χ2v) is 6.14. The Morgan fingerprint density at radius 3 is 2.71 bits per heavy atom. The third-order valence-electron chi connectivity index (χ3n) is 3.88. The van der Waals surface area contributed by atoms with Gasteiger partial charge >= 0.3 is 0 Å². The van der Waals surface area contributed by atoms with Crippen LogP contribution in [0.3, 0.4) is 0 Å². The van der Waals surface area contributed by atoms with E-state index in [1.165, 1.54) is 12.8 Å². The minimum atomic E-state index is 0.135. The molecule has 21 heavy (non-hydrogen) atoms. The van der Waals surface area contributed by atoms with Crippen molar-refractivity contribution in [3.05, 3.63) is 0 Å². The Labute approximate surface area is 129 Å². The van der Waals surface area contributed by atoms with Gasteiger partial charge in [0.25, 0.3) is 0 Å². The van der Waals surface area contributed by atoms with E-state index in [-0.39, 0.29) is 12.0 Å². The average molecular weight is 299 g/mol. The third-order valence-corrected chi connectivity index (χ3v) is 3.88. The minimum absolute atomic E-state index is 0.135. The lowest BCUT2D eigenvalue weighted by molar-refractivity contribution is -0.122. The highest BCUT2D eigenvalue weighted by Gasteiger charge is 2.17. The summed E-state index contributed by atoms with van der Waals surface area (Å²) in [5, 5.41) is 6.37. The lowest BCUT2D eigenvalue weighted by Crippen LogP contribution is -2.41. The summed E-state index contributed by atoms with van der Waals surface area (Å²) >= 11 is 0. The Kier molecular flexibility index (Phi) is 9.63. The van der Waals surface area contributed by atoms with Gasteiger partial charge in [-0.2, -0.15) is 0 Å². The van der Waals surface area contributed by atoms with E-state index >= 15 is 0 Å². The predicted octanol–water partition coefficient (Wildman–Crippen LogP) is 1.24. The molecular weight excluding hydrogens is 266 g/mol. The van der Waals surface area contributed by atoms with Gasteiger partial charge in [-0.05, 0) is 58.7 Å². The molecule has 0 aromatic heterocycles. The number of hydrogen-bond donors (Lipinski definition) is 2. The summed E-state index contributed by atoms with van der Waals surface area (Å²) in [5.74, 6) is 0.869. The van der Waals surface area contributed by atoms with Crippen LogP contribution in [0.2, 0.25) is 0 Å². The SMILES string of the molecule is CCN(CC(=O)NCCCOC(C)C)CC1CCNCC1. The molecule has 1 aliphatic rings. The van der Waals surface area contributed by atoms with Gasteiger partial charge in [0.05, 0.1) is 12.6 Å². The fourth-order valence-electron chi connectivity index (χ4n) is 2.61. The molecule has 1 aliphatic heterocycles. The van der Waals surface area contributed by atoms with Crippen molar-refractivity contribution in [3.8, 4) is 0 Å². The summed E-state index contributed by atoms with van der Waals surface area (Å²) in [6.45, 7) is 12.3. The number of piperidine rings is 1. The molecule has 1 amide bonds. The first kappa shape index (κ1) is 18.4. The standard InChI is InChI=1S/C16H33N3O2/c1-4-19(12-15-6-9-17-10-7-15)13-16(20)18-8-5-11-21-14(2)3/h14-15,17H,4-13H2,1-3H3,(H,18,20). The molecule has 0 aromatic rings. The van der Waals surface area contributed by atoms with E-state index in [1.807, 2.05) is 13.8 Å². The molecule has 0 bridgehead atoms. The zero-order chi connectivity index (χ0) is 15.5. The Bertz CT molecular complexity index is 279. The van der Waals surface area contributed by atoms with Crippen molar-refractivity contribution in [2.45, 2.75) is 46.1 Å². The Balaban J connectivity index is 2.12. The number of rotatable bonds is 10. The molecule has 0 radical (unpaired) electrons. The Hall–Kier alpha value is -0.650. The van der Waals surface area contributed by atoms with E-state index in [0.29, 0.717) is 19.7 Å². The number of nitrogens with one attached hydrogen (secondary N) is 2. The zero-order valence-corrected chi connectivity index (χ0v) is 14.0. The van der Waals surface area contributed by atoms with Crippen molar-refractivity contribution in [2.24, 2.45) is 5.92 Å². The molecule has 1 heterocycles. The summed E-state index contributed by atoms with van der Waals surface area (Å²) in [6, 6.07) is 0. The number of ether oxygens (including phenoxy) is 1. The van der Waals surface area contributed by atoms with Gasteiger partial charge in [0.1, 0.15) is 0 Å². The van der Waals surface area contributed by atoms with Crippen molar-refractivity contribution in [1.29, 1.82) is 0 Å². The second kappa shape index (κ2) is 11.0. The summed E-state index contributed by atoms with van der Waals surface area (Å²) < 4.78 is 5.46. The summed E-state index contributed by atoms with van der Waals surface area (Å²) in [7, 11) is 0. The molecule has 124 valence electrons. The number of nitrogens with zero attached hydrogens (tertiary/aromatic N) is 1. The van der Waals surface area contributed by atoms with Crippen LogP contribution in [-0.2, 0) is 9.53 Å². The fraction of sp³-hybridized carbons (Fsp3) is 0.938. The Morgan fingerprint density at radius 2 is 2.10 bits per heavy atom. The Morgan fingerprint density at radius 1 is 1.38 bits per heavy atom. The first-order valence-electron chi connectivity index (χ1n) is 8.43. The van der Waals surface area contributed by atoms with E-state index in [0.717, 1.165) is 38.5 Å². The molecule has 0 atom stereocenters.